The number of hydrogen-bond acceptors (Lipinski definition) is 3. The number of carbonyl (C=O) groups excluding carboxylic acids is 2. The van der Waals surface area contributed by atoms with Crippen LogP contribution in [0.15, 0.2) is 24.3 Å². The molecule has 22 heavy (non-hydrogen) atoms. The first kappa shape index (κ1) is 18.2. The molecule has 1 aromatic rings. The minimum atomic E-state index is -0.242. The minimum Gasteiger partial charge on any atom is -0.334 e. The number of nitrogens with one attached hydrogen (secondary N) is 2. The molecule has 0 saturated carbocycles. The van der Waals surface area contributed by atoms with E-state index in [1.54, 1.807) is 24.3 Å². The van der Waals surface area contributed by atoms with Crippen molar-refractivity contribution in [3.8, 4) is 0 Å². The average molecular weight is 305 g/mol. The second kappa shape index (κ2) is 8.54. The molecular formula is C17H27N3O2. The van der Waals surface area contributed by atoms with Crippen molar-refractivity contribution in [3.05, 3.63) is 29.8 Å². The first-order chi connectivity index (χ1) is 10.3. The molecule has 0 heterocycles. The van der Waals surface area contributed by atoms with Crippen LogP contribution in [0, 0.1) is 5.92 Å². The molecule has 5 nitrogen and oxygen atoms in total. The first-order valence-corrected chi connectivity index (χ1v) is 7.61. The third-order valence-corrected chi connectivity index (χ3v) is 3.20. The smallest absolute Gasteiger partial charge is 0.319 e. The number of rotatable bonds is 7. The summed E-state index contributed by atoms with van der Waals surface area (Å²) in [5, 5.41) is 5.79. The van der Waals surface area contributed by atoms with Gasteiger partial charge in [-0.1, -0.05) is 26.0 Å². The maximum absolute atomic E-state index is 12.1. The molecule has 122 valence electrons. The zero-order valence-corrected chi connectivity index (χ0v) is 14.1. The molecule has 0 bridgehead atoms. The Bertz CT molecular complexity index is 502. The lowest BCUT2D eigenvalue weighted by molar-refractivity contribution is 0.101. The van der Waals surface area contributed by atoms with Crippen LogP contribution in [0.25, 0.3) is 0 Å². The van der Waals surface area contributed by atoms with Crippen LogP contribution < -0.4 is 10.6 Å². The van der Waals surface area contributed by atoms with Crippen molar-refractivity contribution in [2.24, 2.45) is 5.92 Å². The van der Waals surface area contributed by atoms with Crippen molar-refractivity contribution >= 4 is 17.5 Å². The molecule has 0 aromatic heterocycles. The van der Waals surface area contributed by atoms with Crippen molar-refractivity contribution in [3.63, 3.8) is 0 Å². The van der Waals surface area contributed by atoms with E-state index >= 15 is 0 Å². The van der Waals surface area contributed by atoms with Gasteiger partial charge in [0.1, 0.15) is 0 Å². The molecule has 1 rings (SSSR count). The zero-order chi connectivity index (χ0) is 16.7. The summed E-state index contributed by atoms with van der Waals surface area (Å²) in [5.74, 6) is 0.487. The van der Waals surface area contributed by atoms with E-state index in [0.717, 1.165) is 13.0 Å². The predicted molar refractivity (Wildman–Crippen MR) is 90.4 cm³/mol. The molecule has 0 aliphatic carbocycles. The van der Waals surface area contributed by atoms with Crippen LogP contribution >= 0.6 is 0 Å². The summed E-state index contributed by atoms with van der Waals surface area (Å²) in [6.45, 7) is 6.57. The molecule has 1 unspecified atom stereocenters. The standard InChI is InChI=1S/C17H27N3O2/c1-12(2)9-16(11-20(4)5)19-17(22)18-15-8-6-7-14(10-15)13(3)21/h6-8,10,12,16H,9,11H2,1-5H3,(H2,18,19,22). The van der Waals surface area contributed by atoms with E-state index in [0.29, 0.717) is 17.2 Å². The molecule has 1 atom stereocenters. The van der Waals surface area contributed by atoms with Gasteiger partial charge in [-0.05, 0) is 45.5 Å². The molecular weight excluding hydrogens is 278 g/mol. The van der Waals surface area contributed by atoms with Crippen LogP contribution in [-0.4, -0.2) is 43.4 Å². The molecule has 0 radical (unpaired) electrons. The van der Waals surface area contributed by atoms with Gasteiger partial charge in [-0.3, -0.25) is 4.79 Å². The number of nitrogens with zero attached hydrogens (tertiary/aromatic N) is 1. The van der Waals surface area contributed by atoms with Crippen LogP contribution in [0.2, 0.25) is 0 Å². The van der Waals surface area contributed by atoms with E-state index in [-0.39, 0.29) is 17.9 Å². The van der Waals surface area contributed by atoms with Gasteiger partial charge in [-0.2, -0.15) is 0 Å². The van der Waals surface area contributed by atoms with Gasteiger partial charge in [0.2, 0.25) is 0 Å². The summed E-state index contributed by atoms with van der Waals surface area (Å²) < 4.78 is 0. The van der Waals surface area contributed by atoms with Gasteiger partial charge in [-0.25, -0.2) is 4.79 Å². The molecule has 0 spiro atoms. The summed E-state index contributed by atoms with van der Waals surface area (Å²) in [5.41, 5.74) is 1.21. The van der Waals surface area contributed by atoms with E-state index in [4.69, 9.17) is 0 Å². The number of amides is 2. The quantitative estimate of drug-likeness (QED) is 0.761. The highest BCUT2D eigenvalue weighted by atomic mass is 16.2. The van der Waals surface area contributed by atoms with Gasteiger partial charge in [0.05, 0.1) is 0 Å². The fraction of sp³-hybridized carbons (Fsp3) is 0.529. The second-order valence-corrected chi connectivity index (χ2v) is 6.32. The van der Waals surface area contributed by atoms with E-state index < -0.39 is 0 Å². The average Bonchev–Trinajstić information content (AvgIpc) is 2.36. The molecule has 1 aromatic carbocycles. The van der Waals surface area contributed by atoms with Crippen LogP contribution in [0.5, 0.6) is 0 Å². The number of urea groups is 1. The Labute approximate surface area is 133 Å². The zero-order valence-electron chi connectivity index (χ0n) is 14.1. The first-order valence-electron chi connectivity index (χ1n) is 7.61. The van der Waals surface area contributed by atoms with E-state index in [9.17, 15) is 9.59 Å². The summed E-state index contributed by atoms with van der Waals surface area (Å²) in [6, 6.07) is 6.80. The number of likely N-dealkylation sites (N-methyl/N-ethyl adjacent to an activating group) is 1. The Morgan fingerprint density at radius 1 is 1.23 bits per heavy atom. The highest BCUT2D eigenvalue weighted by Gasteiger charge is 2.15. The lowest BCUT2D eigenvalue weighted by Crippen LogP contribution is -2.44. The van der Waals surface area contributed by atoms with Crippen molar-refractivity contribution in [1.29, 1.82) is 0 Å². The Balaban J connectivity index is 2.66. The van der Waals surface area contributed by atoms with Crippen molar-refractivity contribution in [2.75, 3.05) is 26.0 Å². The van der Waals surface area contributed by atoms with Gasteiger partial charge < -0.3 is 15.5 Å². The Morgan fingerprint density at radius 3 is 2.45 bits per heavy atom. The molecule has 2 amide bonds. The van der Waals surface area contributed by atoms with Crippen LogP contribution in [-0.2, 0) is 0 Å². The van der Waals surface area contributed by atoms with Crippen LogP contribution in [0.3, 0.4) is 0 Å². The SMILES string of the molecule is CC(=O)c1cccc(NC(=O)NC(CC(C)C)CN(C)C)c1. The van der Waals surface area contributed by atoms with E-state index in [2.05, 4.69) is 29.4 Å². The number of benzene rings is 1. The predicted octanol–water partition coefficient (Wildman–Crippen LogP) is 2.99. The van der Waals surface area contributed by atoms with Crippen molar-refractivity contribution in [1.82, 2.24) is 10.2 Å². The lowest BCUT2D eigenvalue weighted by Gasteiger charge is -2.24. The fourth-order valence-corrected chi connectivity index (χ4v) is 2.36. The van der Waals surface area contributed by atoms with Crippen LogP contribution in [0.4, 0.5) is 10.5 Å². The number of anilines is 1. The Morgan fingerprint density at radius 2 is 1.91 bits per heavy atom. The van der Waals surface area contributed by atoms with Crippen LogP contribution in [0.1, 0.15) is 37.6 Å². The second-order valence-electron chi connectivity index (χ2n) is 6.32. The monoisotopic (exact) mass is 305 g/mol. The maximum Gasteiger partial charge on any atom is 0.319 e. The number of Topliss-reactive ketones (excluding diaryl/α,β-unsaturated/α-hetero) is 1. The summed E-state index contributed by atoms with van der Waals surface area (Å²) in [4.78, 5) is 25.6. The molecule has 5 heteroatoms. The Kier molecular flexibility index (Phi) is 7.05. The molecule has 2 N–H and O–H groups in total. The van der Waals surface area contributed by atoms with Gasteiger partial charge in [0, 0.05) is 23.8 Å². The maximum atomic E-state index is 12.1. The number of carbonyl (C=O) groups is 2. The van der Waals surface area contributed by atoms with Gasteiger partial charge >= 0.3 is 6.03 Å². The largest absolute Gasteiger partial charge is 0.334 e. The summed E-state index contributed by atoms with van der Waals surface area (Å²) >= 11 is 0. The van der Waals surface area contributed by atoms with Gasteiger partial charge in [-0.15, -0.1) is 0 Å². The minimum absolute atomic E-state index is 0.0191. The highest BCUT2D eigenvalue weighted by molar-refractivity contribution is 5.96. The van der Waals surface area contributed by atoms with Gasteiger partial charge in [0.25, 0.3) is 0 Å². The normalized spacial score (nSPS) is 12.3. The third-order valence-electron chi connectivity index (χ3n) is 3.20. The summed E-state index contributed by atoms with van der Waals surface area (Å²) in [7, 11) is 3.98. The lowest BCUT2D eigenvalue weighted by atomic mass is 10.0. The molecule has 0 aliphatic rings. The Hall–Kier alpha value is -1.88. The third kappa shape index (κ3) is 6.72. The van der Waals surface area contributed by atoms with Crippen molar-refractivity contribution < 1.29 is 9.59 Å². The van der Waals surface area contributed by atoms with Gasteiger partial charge in [0.15, 0.2) is 5.78 Å². The summed E-state index contributed by atoms with van der Waals surface area (Å²) in [6.07, 6.45) is 0.916. The molecule has 0 saturated heterocycles. The fourth-order valence-electron chi connectivity index (χ4n) is 2.36. The van der Waals surface area contributed by atoms with E-state index in [1.165, 1.54) is 6.92 Å². The topological polar surface area (TPSA) is 61.4 Å². The number of ketones is 1. The molecule has 0 fully saturated rings. The van der Waals surface area contributed by atoms with Crippen molar-refractivity contribution in [2.45, 2.75) is 33.2 Å². The highest BCUT2D eigenvalue weighted by Crippen LogP contribution is 2.11. The molecule has 0 aliphatic heterocycles. The van der Waals surface area contributed by atoms with E-state index in [1.807, 2.05) is 14.1 Å². The number of hydrogen-bond donors (Lipinski definition) is 2.